The lowest BCUT2D eigenvalue weighted by Gasteiger charge is -2.13. The molecule has 2 aromatic rings. The minimum atomic E-state index is -0.637. The molecule has 0 N–H and O–H groups in total. The van der Waals surface area contributed by atoms with Crippen LogP contribution in [0.4, 0.5) is 5.69 Å². The highest BCUT2D eigenvalue weighted by atomic mass is 16.6. The minimum absolute atomic E-state index is 0.0437. The molecule has 0 aliphatic carbocycles. The molecule has 3 rings (SSSR count). The smallest absolute Gasteiger partial charge is 0.363 e. The van der Waals surface area contributed by atoms with Crippen molar-refractivity contribution in [2.75, 3.05) is 21.3 Å². The van der Waals surface area contributed by atoms with E-state index in [-0.39, 0.29) is 17.3 Å². The van der Waals surface area contributed by atoms with Crippen LogP contribution in [0.15, 0.2) is 47.1 Å². The van der Waals surface area contributed by atoms with Crippen LogP contribution in [0.3, 0.4) is 0 Å². The van der Waals surface area contributed by atoms with Crippen molar-refractivity contribution in [2.45, 2.75) is 0 Å². The van der Waals surface area contributed by atoms with Crippen LogP contribution in [0.2, 0.25) is 0 Å². The number of rotatable bonds is 6. The Bertz CT molecular complexity index is 969. The number of nitrogens with zero attached hydrogens (tertiary/aromatic N) is 2. The van der Waals surface area contributed by atoms with Gasteiger partial charge in [0, 0.05) is 17.7 Å². The standard InChI is InChI=1S/C19H16N2O7/c1-25-15-9-12(10-16(26-2)17(15)27-3)18-20-14(19(22)28-18)8-11-4-6-13(7-5-11)21(23)24/h4-10H,1-3H3/b14-8-. The van der Waals surface area contributed by atoms with Crippen molar-refractivity contribution in [3.05, 3.63) is 63.3 Å². The molecule has 1 aliphatic heterocycles. The maximum atomic E-state index is 12.2. The summed E-state index contributed by atoms with van der Waals surface area (Å²) >= 11 is 0. The van der Waals surface area contributed by atoms with E-state index >= 15 is 0 Å². The molecule has 0 aromatic heterocycles. The number of carbonyl (C=O) groups excluding carboxylic acids is 1. The van der Waals surface area contributed by atoms with Gasteiger partial charge in [0.15, 0.2) is 17.2 Å². The van der Waals surface area contributed by atoms with Gasteiger partial charge in [-0.3, -0.25) is 10.1 Å². The number of non-ortho nitro benzene ring substituents is 1. The molecule has 0 unspecified atom stereocenters. The SMILES string of the molecule is COc1cc(C2=N/C(=C\c3ccc([N+](=O)[O-])cc3)C(=O)O2)cc(OC)c1OC. The van der Waals surface area contributed by atoms with Gasteiger partial charge in [-0.2, -0.15) is 0 Å². The zero-order valence-corrected chi connectivity index (χ0v) is 15.3. The van der Waals surface area contributed by atoms with Crippen molar-refractivity contribution in [3.8, 4) is 17.2 Å². The highest BCUT2D eigenvalue weighted by Gasteiger charge is 2.26. The van der Waals surface area contributed by atoms with E-state index in [1.54, 1.807) is 12.1 Å². The topological polar surface area (TPSA) is 109 Å². The largest absolute Gasteiger partial charge is 0.493 e. The van der Waals surface area contributed by atoms with Crippen molar-refractivity contribution < 1.29 is 28.7 Å². The second kappa shape index (κ2) is 7.78. The zero-order valence-electron chi connectivity index (χ0n) is 15.3. The first-order chi connectivity index (χ1) is 13.5. The van der Waals surface area contributed by atoms with Crippen LogP contribution in [0.5, 0.6) is 17.2 Å². The number of nitro groups is 1. The number of benzene rings is 2. The normalized spacial score (nSPS) is 14.5. The van der Waals surface area contributed by atoms with Gasteiger partial charge in [0.25, 0.3) is 5.69 Å². The molecule has 0 saturated heterocycles. The molecule has 0 amide bonds. The summed E-state index contributed by atoms with van der Waals surface area (Å²) < 4.78 is 21.1. The van der Waals surface area contributed by atoms with Gasteiger partial charge < -0.3 is 18.9 Å². The van der Waals surface area contributed by atoms with Gasteiger partial charge in [0.2, 0.25) is 11.6 Å². The van der Waals surface area contributed by atoms with E-state index in [0.717, 1.165) is 0 Å². The first kappa shape index (κ1) is 18.9. The Balaban J connectivity index is 1.96. The Morgan fingerprint density at radius 3 is 2.14 bits per heavy atom. The van der Waals surface area contributed by atoms with Gasteiger partial charge in [0.1, 0.15) is 0 Å². The maximum absolute atomic E-state index is 12.2. The summed E-state index contributed by atoms with van der Waals surface area (Å²) in [4.78, 5) is 26.6. The molecule has 9 heteroatoms. The van der Waals surface area contributed by atoms with Crippen molar-refractivity contribution in [1.29, 1.82) is 0 Å². The average Bonchev–Trinajstić information content (AvgIpc) is 3.07. The van der Waals surface area contributed by atoms with Crippen molar-refractivity contribution in [2.24, 2.45) is 4.99 Å². The van der Waals surface area contributed by atoms with Crippen LogP contribution in [-0.2, 0) is 9.53 Å². The molecular weight excluding hydrogens is 368 g/mol. The van der Waals surface area contributed by atoms with Crippen molar-refractivity contribution in [1.82, 2.24) is 0 Å². The number of aliphatic imine (C=N–C) groups is 1. The van der Waals surface area contributed by atoms with E-state index < -0.39 is 10.9 Å². The quantitative estimate of drug-likeness (QED) is 0.326. The maximum Gasteiger partial charge on any atom is 0.363 e. The molecule has 0 spiro atoms. The van der Waals surface area contributed by atoms with Gasteiger partial charge in [-0.05, 0) is 35.9 Å². The lowest BCUT2D eigenvalue weighted by atomic mass is 10.1. The number of hydrogen-bond acceptors (Lipinski definition) is 8. The monoisotopic (exact) mass is 384 g/mol. The summed E-state index contributed by atoms with van der Waals surface area (Å²) in [6.45, 7) is 0. The Morgan fingerprint density at radius 1 is 1.04 bits per heavy atom. The number of nitro benzene ring substituents is 1. The van der Waals surface area contributed by atoms with Gasteiger partial charge in [-0.1, -0.05) is 0 Å². The fourth-order valence-electron chi connectivity index (χ4n) is 2.59. The predicted molar refractivity (Wildman–Crippen MR) is 99.8 cm³/mol. The Labute approximate surface area is 160 Å². The fraction of sp³-hybridized carbons (Fsp3) is 0.158. The second-order valence-electron chi connectivity index (χ2n) is 5.60. The third kappa shape index (κ3) is 3.63. The molecule has 144 valence electrons. The summed E-state index contributed by atoms with van der Waals surface area (Å²) in [7, 11) is 4.44. The number of hydrogen-bond donors (Lipinski definition) is 0. The van der Waals surface area contributed by atoms with E-state index in [4.69, 9.17) is 18.9 Å². The lowest BCUT2D eigenvalue weighted by molar-refractivity contribution is -0.384. The van der Waals surface area contributed by atoms with Crippen LogP contribution in [0.25, 0.3) is 6.08 Å². The highest BCUT2D eigenvalue weighted by Crippen LogP contribution is 2.39. The summed E-state index contributed by atoms with van der Waals surface area (Å²) in [5.74, 6) is 0.631. The van der Waals surface area contributed by atoms with E-state index in [2.05, 4.69) is 4.99 Å². The zero-order chi connectivity index (χ0) is 20.3. The van der Waals surface area contributed by atoms with Gasteiger partial charge in [-0.15, -0.1) is 0 Å². The summed E-state index contributed by atoms with van der Waals surface area (Å²) in [5, 5.41) is 10.7. The van der Waals surface area contributed by atoms with E-state index in [1.807, 2.05) is 0 Å². The predicted octanol–water partition coefficient (Wildman–Crippen LogP) is 2.97. The molecule has 0 radical (unpaired) electrons. The number of methoxy groups -OCH3 is 3. The van der Waals surface area contributed by atoms with E-state index in [9.17, 15) is 14.9 Å². The third-order valence-corrected chi connectivity index (χ3v) is 3.94. The number of ether oxygens (including phenoxy) is 4. The first-order valence-corrected chi connectivity index (χ1v) is 8.04. The molecule has 1 aliphatic rings. The molecule has 2 aromatic carbocycles. The highest BCUT2D eigenvalue weighted by molar-refractivity contribution is 6.13. The second-order valence-corrected chi connectivity index (χ2v) is 5.60. The molecule has 28 heavy (non-hydrogen) atoms. The van der Waals surface area contributed by atoms with Crippen molar-refractivity contribution in [3.63, 3.8) is 0 Å². The van der Waals surface area contributed by atoms with E-state index in [1.165, 1.54) is 51.7 Å². The molecule has 0 atom stereocenters. The van der Waals surface area contributed by atoms with Crippen LogP contribution >= 0.6 is 0 Å². The summed E-state index contributed by atoms with van der Waals surface area (Å²) in [6.07, 6.45) is 1.48. The van der Waals surface area contributed by atoms with Crippen LogP contribution in [0.1, 0.15) is 11.1 Å². The number of carbonyl (C=O) groups is 1. The molecular formula is C19H16N2O7. The Morgan fingerprint density at radius 2 is 1.64 bits per heavy atom. The summed E-state index contributed by atoms with van der Waals surface area (Å²) in [6, 6.07) is 8.95. The first-order valence-electron chi connectivity index (χ1n) is 8.04. The Kier molecular flexibility index (Phi) is 5.25. The third-order valence-electron chi connectivity index (χ3n) is 3.94. The molecule has 9 nitrogen and oxygen atoms in total. The van der Waals surface area contributed by atoms with Crippen LogP contribution in [-0.4, -0.2) is 38.1 Å². The molecule has 0 bridgehead atoms. The van der Waals surface area contributed by atoms with Crippen LogP contribution < -0.4 is 14.2 Å². The summed E-state index contributed by atoms with van der Waals surface area (Å²) in [5.41, 5.74) is 1.07. The van der Waals surface area contributed by atoms with Gasteiger partial charge in [0.05, 0.1) is 26.3 Å². The minimum Gasteiger partial charge on any atom is -0.493 e. The van der Waals surface area contributed by atoms with Crippen LogP contribution in [0, 0.1) is 10.1 Å². The molecule has 0 fully saturated rings. The number of cyclic esters (lactones) is 1. The molecule has 0 saturated carbocycles. The average molecular weight is 384 g/mol. The Hall–Kier alpha value is -3.88. The molecule has 1 heterocycles. The van der Waals surface area contributed by atoms with Crippen molar-refractivity contribution >= 4 is 23.6 Å². The van der Waals surface area contributed by atoms with Gasteiger partial charge >= 0.3 is 5.97 Å². The number of esters is 1. The lowest BCUT2D eigenvalue weighted by Crippen LogP contribution is -2.06. The fourth-order valence-corrected chi connectivity index (χ4v) is 2.59. The van der Waals surface area contributed by atoms with E-state index in [0.29, 0.717) is 28.4 Å². The van der Waals surface area contributed by atoms with Gasteiger partial charge in [-0.25, -0.2) is 9.79 Å².